The van der Waals surface area contributed by atoms with Gasteiger partial charge >= 0.3 is 0 Å². The Morgan fingerprint density at radius 2 is 1.93 bits per heavy atom. The molecular formula is C11H13Cl2N. The minimum Gasteiger partial charge on any atom is -0.370 e. The molecule has 1 nitrogen and oxygen atoms in total. The zero-order chi connectivity index (χ0) is 9.97. The number of benzene rings is 1. The molecule has 0 aliphatic carbocycles. The number of hydrogen-bond donors (Lipinski definition) is 0. The highest BCUT2D eigenvalue weighted by molar-refractivity contribution is 6.33. The van der Waals surface area contributed by atoms with Crippen LogP contribution in [-0.2, 0) is 5.88 Å². The molecule has 2 rings (SSSR count). The lowest BCUT2D eigenvalue weighted by Crippen LogP contribution is -2.19. The summed E-state index contributed by atoms with van der Waals surface area (Å²) in [6, 6.07) is 5.94. The van der Waals surface area contributed by atoms with Gasteiger partial charge in [0.1, 0.15) is 0 Å². The SMILES string of the molecule is ClCc1cccc(Cl)c1N1CCCC1. The second-order valence-electron chi connectivity index (χ2n) is 3.58. The van der Waals surface area contributed by atoms with Crippen LogP contribution in [-0.4, -0.2) is 13.1 Å². The highest BCUT2D eigenvalue weighted by Gasteiger charge is 2.17. The van der Waals surface area contributed by atoms with Crippen molar-refractivity contribution in [3.63, 3.8) is 0 Å². The van der Waals surface area contributed by atoms with Crippen LogP contribution >= 0.6 is 23.2 Å². The standard InChI is InChI=1S/C11H13Cl2N/c12-8-9-4-3-5-10(13)11(9)14-6-1-2-7-14/h3-5H,1-2,6-8H2. The van der Waals surface area contributed by atoms with E-state index in [1.165, 1.54) is 12.8 Å². The molecule has 1 heterocycles. The Morgan fingerprint density at radius 1 is 1.21 bits per heavy atom. The van der Waals surface area contributed by atoms with Gasteiger partial charge in [-0.05, 0) is 24.5 Å². The summed E-state index contributed by atoms with van der Waals surface area (Å²) in [6.45, 7) is 2.21. The fourth-order valence-corrected chi connectivity index (χ4v) is 2.49. The molecule has 0 atom stereocenters. The predicted octanol–water partition coefficient (Wildman–Crippen LogP) is 3.68. The van der Waals surface area contributed by atoms with Crippen LogP contribution in [0.2, 0.25) is 5.02 Å². The van der Waals surface area contributed by atoms with Crippen LogP contribution in [0.1, 0.15) is 18.4 Å². The van der Waals surface area contributed by atoms with Crippen LogP contribution in [0, 0.1) is 0 Å². The summed E-state index contributed by atoms with van der Waals surface area (Å²) in [5, 5.41) is 0.824. The molecule has 0 unspecified atom stereocenters. The van der Waals surface area contributed by atoms with Gasteiger partial charge in [-0.25, -0.2) is 0 Å². The number of nitrogens with zero attached hydrogens (tertiary/aromatic N) is 1. The molecule has 0 amide bonds. The van der Waals surface area contributed by atoms with Crippen molar-refractivity contribution >= 4 is 28.9 Å². The second kappa shape index (κ2) is 4.41. The molecule has 0 radical (unpaired) electrons. The Labute approximate surface area is 94.6 Å². The van der Waals surface area contributed by atoms with Crippen molar-refractivity contribution in [1.29, 1.82) is 0 Å². The third-order valence-corrected chi connectivity index (χ3v) is 3.23. The molecule has 0 spiro atoms. The highest BCUT2D eigenvalue weighted by Crippen LogP contribution is 2.33. The Balaban J connectivity index is 2.37. The zero-order valence-electron chi connectivity index (χ0n) is 7.97. The van der Waals surface area contributed by atoms with Crippen molar-refractivity contribution in [2.24, 2.45) is 0 Å². The summed E-state index contributed by atoms with van der Waals surface area (Å²) in [4.78, 5) is 2.33. The molecule has 14 heavy (non-hydrogen) atoms. The molecule has 1 aromatic carbocycles. The van der Waals surface area contributed by atoms with Gasteiger partial charge in [0.05, 0.1) is 10.7 Å². The van der Waals surface area contributed by atoms with Gasteiger partial charge in [-0.2, -0.15) is 0 Å². The monoisotopic (exact) mass is 229 g/mol. The maximum absolute atomic E-state index is 6.19. The van der Waals surface area contributed by atoms with Gasteiger partial charge in [-0.15, -0.1) is 11.6 Å². The van der Waals surface area contributed by atoms with Crippen molar-refractivity contribution in [2.75, 3.05) is 18.0 Å². The first kappa shape index (κ1) is 10.1. The molecular weight excluding hydrogens is 217 g/mol. The van der Waals surface area contributed by atoms with E-state index < -0.39 is 0 Å². The lowest BCUT2D eigenvalue weighted by molar-refractivity contribution is 0.949. The van der Waals surface area contributed by atoms with Crippen LogP contribution in [0.25, 0.3) is 0 Å². The van der Waals surface area contributed by atoms with E-state index in [1.807, 2.05) is 18.2 Å². The van der Waals surface area contributed by atoms with E-state index in [1.54, 1.807) is 0 Å². The Kier molecular flexibility index (Phi) is 3.19. The van der Waals surface area contributed by atoms with Gasteiger partial charge in [-0.1, -0.05) is 23.7 Å². The van der Waals surface area contributed by atoms with Crippen molar-refractivity contribution in [3.05, 3.63) is 28.8 Å². The van der Waals surface area contributed by atoms with E-state index >= 15 is 0 Å². The van der Waals surface area contributed by atoms with E-state index in [0.29, 0.717) is 5.88 Å². The average molecular weight is 230 g/mol. The van der Waals surface area contributed by atoms with E-state index in [2.05, 4.69) is 4.90 Å². The Bertz CT molecular complexity index is 319. The lowest BCUT2D eigenvalue weighted by atomic mass is 10.2. The van der Waals surface area contributed by atoms with Gasteiger partial charge in [0.15, 0.2) is 0 Å². The van der Waals surface area contributed by atoms with Crippen LogP contribution in [0.3, 0.4) is 0 Å². The first-order valence-corrected chi connectivity index (χ1v) is 5.82. The minimum atomic E-state index is 0.534. The normalized spacial score (nSPS) is 16.3. The highest BCUT2D eigenvalue weighted by atomic mass is 35.5. The van der Waals surface area contributed by atoms with Crippen LogP contribution in [0.5, 0.6) is 0 Å². The number of alkyl halides is 1. The first-order chi connectivity index (χ1) is 6.83. The van der Waals surface area contributed by atoms with Crippen LogP contribution < -0.4 is 4.90 Å². The first-order valence-electron chi connectivity index (χ1n) is 4.91. The van der Waals surface area contributed by atoms with Gasteiger partial charge in [0.25, 0.3) is 0 Å². The molecule has 76 valence electrons. The van der Waals surface area contributed by atoms with Gasteiger partial charge in [0.2, 0.25) is 0 Å². The molecule has 1 fully saturated rings. The van der Waals surface area contributed by atoms with Gasteiger partial charge < -0.3 is 4.90 Å². The van der Waals surface area contributed by atoms with E-state index in [-0.39, 0.29) is 0 Å². The number of anilines is 1. The molecule has 1 aliphatic rings. The van der Waals surface area contributed by atoms with E-state index in [9.17, 15) is 0 Å². The third-order valence-electron chi connectivity index (χ3n) is 2.64. The molecule has 0 N–H and O–H groups in total. The number of halogens is 2. The summed E-state index contributed by atoms with van der Waals surface area (Å²) in [5.74, 6) is 0.534. The summed E-state index contributed by atoms with van der Waals surface area (Å²) in [5.41, 5.74) is 2.28. The summed E-state index contributed by atoms with van der Waals surface area (Å²) < 4.78 is 0. The third kappa shape index (κ3) is 1.84. The van der Waals surface area contributed by atoms with E-state index in [0.717, 1.165) is 29.4 Å². The molecule has 0 saturated carbocycles. The van der Waals surface area contributed by atoms with Crippen molar-refractivity contribution in [1.82, 2.24) is 0 Å². The fourth-order valence-electron chi connectivity index (χ4n) is 1.96. The summed E-state index contributed by atoms with van der Waals surface area (Å²) in [7, 11) is 0. The van der Waals surface area contributed by atoms with Gasteiger partial charge in [-0.3, -0.25) is 0 Å². The number of para-hydroxylation sites is 1. The minimum absolute atomic E-state index is 0.534. The average Bonchev–Trinajstić information content (AvgIpc) is 2.70. The topological polar surface area (TPSA) is 3.24 Å². The molecule has 3 heteroatoms. The van der Waals surface area contributed by atoms with Crippen molar-refractivity contribution in [2.45, 2.75) is 18.7 Å². The van der Waals surface area contributed by atoms with Crippen LogP contribution in [0.15, 0.2) is 18.2 Å². The summed E-state index contributed by atoms with van der Waals surface area (Å²) >= 11 is 12.1. The quantitative estimate of drug-likeness (QED) is 0.700. The smallest absolute Gasteiger partial charge is 0.0642 e. The number of rotatable bonds is 2. The molecule has 1 aromatic rings. The van der Waals surface area contributed by atoms with Gasteiger partial charge in [0, 0.05) is 19.0 Å². The molecule has 1 aliphatic heterocycles. The molecule has 1 saturated heterocycles. The van der Waals surface area contributed by atoms with Crippen LogP contribution in [0.4, 0.5) is 5.69 Å². The second-order valence-corrected chi connectivity index (χ2v) is 4.25. The zero-order valence-corrected chi connectivity index (χ0v) is 9.48. The largest absolute Gasteiger partial charge is 0.370 e. The predicted molar refractivity (Wildman–Crippen MR) is 62.5 cm³/mol. The fraction of sp³-hybridized carbons (Fsp3) is 0.455. The molecule has 0 aromatic heterocycles. The maximum atomic E-state index is 6.19. The lowest BCUT2D eigenvalue weighted by Gasteiger charge is -2.21. The van der Waals surface area contributed by atoms with E-state index in [4.69, 9.17) is 23.2 Å². The Hall–Kier alpha value is -0.400. The Morgan fingerprint density at radius 3 is 2.57 bits per heavy atom. The summed E-state index contributed by atoms with van der Waals surface area (Å²) in [6.07, 6.45) is 2.51. The number of hydrogen-bond acceptors (Lipinski definition) is 1. The molecule has 0 bridgehead atoms. The van der Waals surface area contributed by atoms with Crippen molar-refractivity contribution in [3.8, 4) is 0 Å². The van der Waals surface area contributed by atoms with Crippen molar-refractivity contribution < 1.29 is 0 Å². The maximum Gasteiger partial charge on any atom is 0.0642 e.